The molecule has 0 saturated heterocycles. The number of amides is 2. The molecule has 0 saturated carbocycles. The molecule has 0 aliphatic rings. The summed E-state index contributed by atoms with van der Waals surface area (Å²) in [5.41, 5.74) is 9.47. The Kier molecular flexibility index (Phi) is 5.52. The number of benzene rings is 2. The molecule has 0 unspecified atom stereocenters. The molecule has 0 aliphatic heterocycles. The number of furan rings is 1. The van der Waals surface area contributed by atoms with Crippen LogP contribution in [0.15, 0.2) is 53.1 Å². The number of carbonyl (C=O) groups excluding carboxylic acids is 2. The van der Waals surface area contributed by atoms with Crippen LogP contribution in [0.2, 0.25) is 0 Å². The van der Waals surface area contributed by atoms with Crippen molar-refractivity contribution in [3.8, 4) is 0 Å². The number of nitrogens with one attached hydrogen (secondary N) is 2. The second-order valence-corrected chi connectivity index (χ2v) is 7.17. The molecular weight excluding hydrogens is 380 g/mol. The van der Waals surface area contributed by atoms with Gasteiger partial charge in [0.1, 0.15) is 18.0 Å². The highest BCUT2D eigenvalue weighted by molar-refractivity contribution is 5.89. The molecule has 0 aliphatic carbocycles. The maximum Gasteiger partial charge on any atom is 0.258 e. The summed E-state index contributed by atoms with van der Waals surface area (Å²) in [6.45, 7) is 4.16. The fraction of sp³-hybridized carbons (Fsp3) is 0.261. The SMILES string of the molecule is CCc1ccc2c(CC(=O)NNC(=O)Cn3c(CC)nc4ccccc43)coc2c1. The van der Waals surface area contributed by atoms with E-state index in [0.29, 0.717) is 6.42 Å². The summed E-state index contributed by atoms with van der Waals surface area (Å²) in [5.74, 6) is 0.205. The molecule has 30 heavy (non-hydrogen) atoms. The number of aromatic nitrogens is 2. The van der Waals surface area contributed by atoms with E-state index in [1.165, 1.54) is 5.56 Å². The first-order valence-electron chi connectivity index (χ1n) is 10.1. The zero-order valence-electron chi connectivity index (χ0n) is 17.1. The molecule has 2 aromatic carbocycles. The van der Waals surface area contributed by atoms with Gasteiger partial charge in [0, 0.05) is 17.4 Å². The first kappa shape index (κ1) is 19.7. The topological polar surface area (TPSA) is 89.2 Å². The molecule has 7 heteroatoms. The Morgan fingerprint density at radius 1 is 1.03 bits per heavy atom. The predicted octanol–water partition coefficient (Wildman–Crippen LogP) is 3.30. The molecule has 154 valence electrons. The Morgan fingerprint density at radius 3 is 2.63 bits per heavy atom. The van der Waals surface area contributed by atoms with E-state index in [2.05, 4.69) is 22.8 Å². The number of rotatable bonds is 6. The first-order valence-corrected chi connectivity index (χ1v) is 10.1. The largest absolute Gasteiger partial charge is 0.464 e. The van der Waals surface area contributed by atoms with Gasteiger partial charge in [0.2, 0.25) is 5.91 Å². The molecule has 4 aromatic rings. The van der Waals surface area contributed by atoms with Gasteiger partial charge in [-0.2, -0.15) is 0 Å². The number of para-hydroxylation sites is 2. The van der Waals surface area contributed by atoms with Gasteiger partial charge in [0.25, 0.3) is 5.91 Å². The Hall–Kier alpha value is -3.61. The molecule has 7 nitrogen and oxygen atoms in total. The van der Waals surface area contributed by atoms with Crippen LogP contribution in [0.25, 0.3) is 22.0 Å². The molecule has 2 amide bonds. The van der Waals surface area contributed by atoms with Gasteiger partial charge in [-0.3, -0.25) is 20.4 Å². The van der Waals surface area contributed by atoms with Gasteiger partial charge in [-0.05, 0) is 30.2 Å². The third-order valence-corrected chi connectivity index (χ3v) is 5.17. The third-order valence-electron chi connectivity index (χ3n) is 5.17. The van der Waals surface area contributed by atoms with Crippen molar-refractivity contribution in [1.82, 2.24) is 20.4 Å². The van der Waals surface area contributed by atoms with Crippen LogP contribution < -0.4 is 10.9 Å². The fourth-order valence-corrected chi connectivity index (χ4v) is 3.60. The lowest BCUT2D eigenvalue weighted by Crippen LogP contribution is -2.43. The zero-order chi connectivity index (χ0) is 21.1. The monoisotopic (exact) mass is 404 g/mol. The van der Waals surface area contributed by atoms with Crippen LogP contribution in [0.3, 0.4) is 0 Å². The number of hydrogen-bond donors (Lipinski definition) is 2. The molecule has 0 spiro atoms. The van der Waals surface area contributed by atoms with Crippen molar-refractivity contribution < 1.29 is 14.0 Å². The summed E-state index contributed by atoms with van der Waals surface area (Å²) >= 11 is 0. The fourth-order valence-electron chi connectivity index (χ4n) is 3.60. The summed E-state index contributed by atoms with van der Waals surface area (Å²) in [4.78, 5) is 29.3. The molecule has 2 heterocycles. The molecule has 2 aromatic heterocycles. The van der Waals surface area contributed by atoms with Gasteiger partial charge in [0.15, 0.2) is 0 Å². The summed E-state index contributed by atoms with van der Waals surface area (Å²) in [6, 6.07) is 13.7. The van der Waals surface area contributed by atoms with Crippen LogP contribution in [0.4, 0.5) is 0 Å². The summed E-state index contributed by atoms with van der Waals surface area (Å²) in [6.07, 6.45) is 3.34. The minimum absolute atomic E-state index is 0.0817. The van der Waals surface area contributed by atoms with Gasteiger partial charge in [0.05, 0.1) is 23.7 Å². The summed E-state index contributed by atoms with van der Waals surface area (Å²) in [5, 5.41) is 0.908. The van der Waals surface area contributed by atoms with E-state index in [1.807, 2.05) is 54.0 Å². The van der Waals surface area contributed by atoms with Crippen molar-refractivity contribution >= 4 is 33.8 Å². The highest BCUT2D eigenvalue weighted by atomic mass is 16.3. The smallest absolute Gasteiger partial charge is 0.258 e. The number of carbonyl (C=O) groups is 2. The lowest BCUT2D eigenvalue weighted by molar-refractivity contribution is -0.128. The van der Waals surface area contributed by atoms with E-state index < -0.39 is 0 Å². The number of hydrogen-bond acceptors (Lipinski definition) is 4. The van der Waals surface area contributed by atoms with Crippen molar-refractivity contribution in [2.24, 2.45) is 0 Å². The average molecular weight is 404 g/mol. The van der Waals surface area contributed by atoms with E-state index in [9.17, 15) is 9.59 Å². The highest BCUT2D eigenvalue weighted by Gasteiger charge is 2.14. The van der Waals surface area contributed by atoms with Crippen molar-refractivity contribution in [2.75, 3.05) is 0 Å². The Bertz CT molecular complexity index is 1220. The third kappa shape index (κ3) is 3.91. The molecule has 0 fully saturated rings. The summed E-state index contributed by atoms with van der Waals surface area (Å²) in [7, 11) is 0. The van der Waals surface area contributed by atoms with Gasteiger partial charge in [-0.15, -0.1) is 0 Å². The van der Waals surface area contributed by atoms with Crippen LogP contribution in [-0.4, -0.2) is 21.4 Å². The maximum absolute atomic E-state index is 12.4. The molecule has 0 bridgehead atoms. The van der Waals surface area contributed by atoms with Gasteiger partial charge in [-0.25, -0.2) is 4.98 Å². The normalized spacial score (nSPS) is 11.1. The lowest BCUT2D eigenvalue weighted by atomic mass is 10.1. The van der Waals surface area contributed by atoms with Crippen molar-refractivity contribution in [3.05, 3.63) is 65.7 Å². The highest BCUT2D eigenvalue weighted by Crippen LogP contribution is 2.23. The van der Waals surface area contributed by atoms with Crippen LogP contribution in [0, 0.1) is 0 Å². The number of nitrogens with zero attached hydrogens (tertiary/aromatic N) is 2. The molecule has 0 atom stereocenters. The Balaban J connectivity index is 1.38. The molecule has 2 N–H and O–H groups in total. The van der Waals surface area contributed by atoms with Crippen LogP contribution >= 0.6 is 0 Å². The van der Waals surface area contributed by atoms with E-state index in [0.717, 1.165) is 39.8 Å². The van der Waals surface area contributed by atoms with Crippen LogP contribution in [0.5, 0.6) is 0 Å². The first-order chi connectivity index (χ1) is 14.6. The minimum atomic E-state index is -0.314. The van der Waals surface area contributed by atoms with Crippen molar-refractivity contribution in [1.29, 1.82) is 0 Å². The van der Waals surface area contributed by atoms with Crippen LogP contribution in [-0.2, 0) is 35.4 Å². The second-order valence-electron chi connectivity index (χ2n) is 7.17. The predicted molar refractivity (Wildman–Crippen MR) is 115 cm³/mol. The molecule has 4 rings (SSSR count). The average Bonchev–Trinajstić information content (AvgIpc) is 3.33. The lowest BCUT2D eigenvalue weighted by Gasteiger charge is -2.10. The van der Waals surface area contributed by atoms with Crippen molar-refractivity contribution in [3.63, 3.8) is 0 Å². The number of fused-ring (bicyclic) bond motifs is 2. The van der Waals surface area contributed by atoms with E-state index in [1.54, 1.807) is 6.26 Å². The quantitative estimate of drug-likeness (QED) is 0.483. The number of imidazole rings is 1. The maximum atomic E-state index is 12.4. The molecule has 0 radical (unpaired) electrons. The zero-order valence-corrected chi connectivity index (χ0v) is 17.1. The Morgan fingerprint density at radius 2 is 1.83 bits per heavy atom. The van der Waals surface area contributed by atoms with E-state index in [-0.39, 0.29) is 24.8 Å². The minimum Gasteiger partial charge on any atom is -0.464 e. The van der Waals surface area contributed by atoms with Gasteiger partial charge >= 0.3 is 0 Å². The van der Waals surface area contributed by atoms with E-state index in [4.69, 9.17) is 4.42 Å². The van der Waals surface area contributed by atoms with Crippen molar-refractivity contribution in [2.45, 2.75) is 39.7 Å². The van der Waals surface area contributed by atoms with Gasteiger partial charge < -0.3 is 8.98 Å². The van der Waals surface area contributed by atoms with E-state index >= 15 is 0 Å². The number of hydrazine groups is 1. The van der Waals surface area contributed by atoms with Gasteiger partial charge in [-0.1, -0.05) is 38.1 Å². The molecular formula is C23H24N4O3. The standard InChI is InChI=1S/C23H24N4O3/c1-3-15-9-10-17-16(14-30-20(17)11-15)12-22(28)25-26-23(29)13-27-19-8-6-5-7-18(19)24-21(27)4-2/h5-11,14H,3-4,12-13H2,1-2H3,(H,25,28)(H,26,29). The Labute approximate surface area is 174 Å². The summed E-state index contributed by atoms with van der Waals surface area (Å²) < 4.78 is 7.44. The second kappa shape index (κ2) is 8.41. The van der Waals surface area contributed by atoms with Crippen LogP contribution in [0.1, 0.15) is 30.8 Å². The number of aryl methyl sites for hydroxylation is 2.